The first kappa shape index (κ1) is 20.2. The van der Waals surface area contributed by atoms with Gasteiger partial charge in [-0.05, 0) is 42.5 Å². The quantitative estimate of drug-likeness (QED) is 0.411. The van der Waals surface area contributed by atoms with Crippen molar-refractivity contribution in [1.29, 1.82) is 0 Å². The smallest absolute Gasteiger partial charge is 0.255 e. The molecular formula is C21H15ClN4O2S2. The van der Waals surface area contributed by atoms with Crippen LogP contribution in [-0.4, -0.2) is 21.8 Å². The first-order chi connectivity index (χ1) is 14.6. The fourth-order valence-electron chi connectivity index (χ4n) is 2.68. The van der Waals surface area contributed by atoms with Gasteiger partial charge in [0, 0.05) is 34.7 Å². The molecule has 0 saturated carbocycles. The van der Waals surface area contributed by atoms with Gasteiger partial charge in [-0.1, -0.05) is 17.7 Å². The van der Waals surface area contributed by atoms with Gasteiger partial charge in [-0.15, -0.1) is 22.7 Å². The highest BCUT2D eigenvalue weighted by atomic mass is 35.5. The molecule has 0 aliphatic heterocycles. The minimum Gasteiger partial charge on any atom is -0.326 e. The van der Waals surface area contributed by atoms with E-state index in [1.54, 1.807) is 48.8 Å². The van der Waals surface area contributed by atoms with Crippen LogP contribution in [-0.2, 0) is 11.2 Å². The normalized spacial score (nSPS) is 10.6. The predicted molar refractivity (Wildman–Crippen MR) is 121 cm³/mol. The van der Waals surface area contributed by atoms with Crippen molar-refractivity contribution in [2.75, 3.05) is 10.6 Å². The number of amides is 2. The van der Waals surface area contributed by atoms with Gasteiger partial charge in [0.2, 0.25) is 5.91 Å². The highest BCUT2D eigenvalue weighted by Crippen LogP contribution is 2.33. The lowest BCUT2D eigenvalue weighted by atomic mass is 10.2. The molecule has 1 aromatic carbocycles. The number of anilines is 2. The number of thiophene rings is 1. The van der Waals surface area contributed by atoms with Crippen LogP contribution in [0.4, 0.5) is 11.4 Å². The SMILES string of the molecule is O=C(Cc1csc(-c2ccc(Cl)s2)n1)Nc1cccc(NC(=O)c2ccncc2)c1. The third kappa shape index (κ3) is 5.10. The van der Waals surface area contributed by atoms with Gasteiger partial charge in [0.05, 0.1) is 21.3 Å². The Morgan fingerprint density at radius 1 is 1.00 bits per heavy atom. The molecule has 0 atom stereocenters. The van der Waals surface area contributed by atoms with Crippen molar-refractivity contribution in [3.8, 4) is 9.88 Å². The largest absolute Gasteiger partial charge is 0.326 e. The molecule has 4 rings (SSSR count). The van der Waals surface area contributed by atoms with Crippen molar-refractivity contribution >= 4 is 57.5 Å². The van der Waals surface area contributed by atoms with E-state index < -0.39 is 0 Å². The van der Waals surface area contributed by atoms with E-state index in [9.17, 15) is 9.59 Å². The summed E-state index contributed by atoms with van der Waals surface area (Å²) in [7, 11) is 0. The number of hydrogen-bond donors (Lipinski definition) is 2. The molecule has 0 bridgehead atoms. The molecule has 6 nitrogen and oxygen atoms in total. The summed E-state index contributed by atoms with van der Waals surface area (Å²) in [6.45, 7) is 0. The van der Waals surface area contributed by atoms with Crippen LogP contribution in [0.15, 0.2) is 66.3 Å². The number of pyridine rings is 1. The van der Waals surface area contributed by atoms with Gasteiger partial charge in [0.15, 0.2) is 0 Å². The predicted octanol–water partition coefficient (Wildman–Crippen LogP) is 5.35. The van der Waals surface area contributed by atoms with Gasteiger partial charge in [-0.25, -0.2) is 4.98 Å². The minimum absolute atomic E-state index is 0.156. The number of hydrogen-bond acceptors (Lipinski definition) is 6. The second-order valence-corrected chi connectivity index (χ2v) is 8.82. The van der Waals surface area contributed by atoms with Crippen LogP contribution in [0, 0.1) is 0 Å². The summed E-state index contributed by atoms with van der Waals surface area (Å²) in [6, 6.07) is 14.0. The highest BCUT2D eigenvalue weighted by molar-refractivity contribution is 7.23. The molecular weight excluding hydrogens is 440 g/mol. The van der Waals surface area contributed by atoms with E-state index in [1.165, 1.54) is 22.7 Å². The summed E-state index contributed by atoms with van der Waals surface area (Å²) in [6.07, 6.45) is 3.27. The van der Waals surface area contributed by atoms with E-state index in [0.29, 0.717) is 27.0 Å². The fraction of sp³-hybridized carbons (Fsp3) is 0.0476. The summed E-state index contributed by atoms with van der Waals surface area (Å²) in [5.74, 6) is -0.432. The fourth-order valence-corrected chi connectivity index (χ4v) is 4.62. The lowest BCUT2D eigenvalue weighted by Gasteiger charge is -2.08. The van der Waals surface area contributed by atoms with Crippen LogP contribution in [0.25, 0.3) is 9.88 Å². The summed E-state index contributed by atoms with van der Waals surface area (Å²) >= 11 is 8.91. The Labute approximate surface area is 185 Å². The molecule has 0 spiro atoms. The molecule has 2 N–H and O–H groups in total. The Balaban J connectivity index is 1.37. The number of aromatic nitrogens is 2. The van der Waals surface area contributed by atoms with Gasteiger partial charge >= 0.3 is 0 Å². The number of rotatable bonds is 6. The molecule has 150 valence electrons. The Hall–Kier alpha value is -3.07. The second-order valence-electron chi connectivity index (χ2n) is 6.24. The average molecular weight is 455 g/mol. The van der Waals surface area contributed by atoms with Crippen molar-refractivity contribution in [2.45, 2.75) is 6.42 Å². The minimum atomic E-state index is -0.246. The van der Waals surface area contributed by atoms with Crippen molar-refractivity contribution < 1.29 is 9.59 Å². The number of carbonyl (C=O) groups excluding carboxylic acids is 2. The zero-order valence-corrected chi connectivity index (χ0v) is 17.9. The zero-order valence-electron chi connectivity index (χ0n) is 15.5. The maximum atomic E-state index is 12.4. The van der Waals surface area contributed by atoms with E-state index >= 15 is 0 Å². The number of thiazole rings is 1. The number of halogens is 1. The topological polar surface area (TPSA) is 84.0 Å². The number of nitrogens with zero attached hydrogens (tertiary/aromatic N) is 2. The van der Waals surface area contributed by atoms with Gasteiger partial charge in [-0.3, -0.25) is 14.6 Å². The van der Waals surface area contributed by atoms with E-state index in [2.05, 4.69) is 20.6 Å². The molecule has 0 aliphatic rings. The van der Waals surface area contributed by atoms with E-state index in [-0.39, 0.29) is 18.2 Å². The molecule has 2 amide bonds. The number of benzene rings is 1. The maximum Gasteiger partial charge on any atom is 0.255 e. The first-order valence-electron chi connectivity index (χ1n) is 8.88. The Bertz CT molecular complexity index is 1190. The summed E-state index contributed by atoms with van der Waals surface area (Å²) < 4.78 is 0.704. The van der Waals surface area contributed by atoms with Crippen molar-refractivity contribution in [3.63, 3.8) is 0 Å². The van der Waals surface area contributed by atoms with Crippen LogP contribution in [0.3, 0.4) is 0 Å². The highest BCUT2D eigenvalue weighted by Gasteiger charge is 2.12. The second kappa shape index (κ2) is 9.17. The van der Waals surface area contributed by atoms with Crippen LogP contribution < -0.4 is 10.6 Å². The van der Waals surface area contributed by atoms with E-state index in [4.69, 9.17) is 11.6 Å². The van der Waals surface area contributed by atoms with Crippen LogP contribution in [0.1, 0.15) is 16.1 Å². The van der Waals surface area contributed by atoms with Crippen molar-refractivity contribution in [2.24, 2.45) is 0 Å². The van der Waals surface area contributed by atoms with E-state index in [0.717, 1.165) is 9.88 Å². The van der Waals surface area contributed by atoms with Crippen LogP contribution in [0.2, 0.25) is 4.34 Å². The van der Waals surface area contributed by atoms with Crippen molar-refractivity contribution in [3.05, 3.63) is 81.9 Å². The third-order valence-corrected chi connectivity index (χ3v) is 6.32. The molecule has 0 saturated heterocycles. The Morgan fingerprint density at radius 3 is 2.50 bits per heavy atom. The van der Waals surface area contributed by atoms with Gasteiger partial charge < -0.3 is 10.6 Å². The summed E-state index contributed by atoms with van der Waals surface area (Å²) in [5.41, 5.74) is 2.37. The zero-order chi connectivity index (χ0) is 20.9. The van der Waals surface area contributed by atoms with Gasteiger partial charge in [0.1, 0.15) is 5.01 Å². The van der Waals surface area contributed by atoms with Crippen LogP contribution >= 0.6 is 34.3 Å². The van der Waals surface area contributed by atoms with E-state index in [1.807, 2.05) is 17.5 Å². The molecule has 4 aromatic rings. The standard InChI is InChI=1S/C21H15ClN4O2S2/c22-18-5-4-17(30-18)21-26-16(12-29-21)11-19(27)24-14-2-1-3-15(10-14)25-20(28)13-6-8-23-9-7-13/h1-10,12H,11H2,(H,24,27)(H,25,28). The molecule has 3 aromatic heterocycles. The third-order valence-electron chi connectivity index (χ3n) is 4.02. The summed E-state index contributed by atoms with van der Waals surface area (Å²) in [5, 5.41) is 8.36. The first-order valence-corrected chi connectivity index (χ1v) is 11.0. The molecule has 30 heavy (non-hydrogen) atoms. The Morgan fingerprint density at radius 2 is 1.77 bits per heavy atom. The molecule has 9 heteroatoms. The number of nitrogens with one attached hydrogen (secondary N) is 2. The van der Waals surface area contributed by atoms with Gasteiger partial charge in [0.25, 0.3) is 5.91 Å². The van der Waals surface area contributed by atoms with Crippen molar-refractivity contribution in [1.82, 2.24) is 9.97 Å². The lowest BCUT2D eigenvalue weighted by Crippen LogP contribution is -2.15. The molecule has 3 heterocycles. The molecule has 0 radical (unpaired) electrons. The maximum absolute atomic E-state index is 12.4. The monoisotopic (exact) mass is 454 g/mol. The number of carbonyl (C=O) groups is 2. The molecule has 0 fully saturated rings. The van der Waals surface area contributed by atoms with Gasteiger partial charge in [-0.2, -0.15) is 0 Å². The average Bonchev–Trinajstić information content (AvgIpc) is 3.37. The lowest BCUT2D eigenvalue weighted by molar-refractivity contribution is -0.115. The molecule has 0 unspecified atom stereocenters. The summed E-state index contributed by atoms with van der Waals surface area (Å²) in [4.78, 5) is 34.1. The van der Waals surface area contributed by atoms with Crippen LogP contribution in [0.5, 0.6) is 0 Å². The Kier molecular flexibility index (Phi) is 6.18. The molecule has 0 aliphatic carbocycles.